The Morgan fingerprint density at radius 3 is 2.36 bits per heavy atom. The van der Waals surface area contributed by atoms with Crippen LogP contribution in [0.1, 0.15) is 52.1 Å². The Labute approximate surface area is 213 Å². The standard InChI is InChI=1S/C28H33N3O4S/c1-18-8-10-24(11-9-18)29-28(32)23-7-6-14-31(17-23)36(33,34)27-22(5)30-35-26(27)13-12-25-20(3)15-19(2)16-21(25)4/h8-13,15-16,23H,6-7,14,17H2,1-5H3,(H,29,32)/b13-12+/t23-/m0/s1. The molecule has 4 rings (SSSR count). The molecule has 1 fully saturated rings. The van der Waals surface area contributed by atoms with Gasteiger partial charge >= 0.3 is 0 Å². The van der Waals surface area contributed by atoms with Crippen LogP contribution in [0.4, 0.5) is 5.69 Å². The van der Waals surface area contributed by atoms with E-state index in [1.54, 1.807) is 13.0 Å². The van der Waals surface area contributed by atoms with Crippen molar-refractivity contribution in [1.29, 1.82) is 0 Å². The van der Waals surface area contributed by atoms with Gasteiger partial charge in [-0.25, -0.2) is 8.42 Å². The van der Waals surface area contributed by atoms with Gasteiger partial charge < -0.3 is 9.84 Å². The molecule has 1 N–H and O–H groups in total. The van der Waals surface area contributed by atoms with E-state index in [2.05, 4.69) is 22.6 Å². The lowest BCUT2D eigenvalue weighted by Crippen LogP contribution is -2.43. The van der Waals surface area contributed by atoms with Gasteiger partial charge in [-0.1, -0.05) is 46.6 Å². The summed E-state index contributed by atoms with van der Waals surface area (Å²) in [6.45, 7) is 10.2. The quantitative estimate of drug-likeness (QED) is 0.481. The summed E-state index contributed by atoms with van der Waals surface area (Å²) in [4.78, 5) is 13.0. The number of hydrogen-bond donors (Lipinski definition) is 1. The predicted molar refractivity (Wildman–Crippen MR) is 142 cm³/mol. The molecule has 0 saturated carbocycles. The second-order valence-electron chi connectivity index (χ2n) is 9.66. The highest BCUT2D eigenvalue weighted by Crippen LogP contribution is 2.30. The number of carbonyl (C=O) groups excluding carboxylic acids is 1. The topological polar surface area (TPSA) is 92.5 Å². The van der Waals surface area contributed by atoms with Gasteiger partial charge in [0.15, 0.2) is 10.7 Å². The zero-order chi connectivity index (χ0) is 26.0. The molecule has 3 aromatic rings. The van der Waals surface area contributed by atoms with Crippen molar-refractivity contribution in [3.05, 3.63) is 75.7 Å². The number of anilines is 1. The van der Waals surface area contributed by atoms with Gasteiger partial charge in [0.25, 0.3) is 0 Å². The molecule has 2 heterocycles. The third kappa shape index (κ3) is 5.44. The second kappa shape index (κ2) is 10.4. The molecule has 7 nitrogen and oxygen atoms in total. The van der Waals surface area contributed by atoms with Crippen LogP contribution in [0.15, 0.2) is 45.8 Å². The van der Waals surface area contributed by atoms with E-state index in [0.717, 1.165) is 22.3 Å². The molecule has 1 saturated heterocycles. The highest BCUT2D eigenvalue weighted by Gasteiger charge is 2.37. The molecule has 8 heteroatoms. The normalized spacial score (nSPS) is 17.0. The molecule has 0 aliphatic carbocycles. The number of aryl methyl sites for hydroxylation is 5. The summed E-state index contributed by atoms with van der Waals surface area (Å²) in [6.07, 6.45) is 4.77. The molecule has 1 atom stereocenters. The summed E-state index contributed by atoms with van der Waals surface area (Å²) >= 11 is 0. The number of sulfonamides is 1. The van der Waals surface area contributed by atoms with E-state index in [9.17, 15) is 13.2 Å². The SMILES string of the molecule is Cc1ccc(NC(=O)[C@H]2CCCN(S(=O)(=O)c3c(C)noc3/C=C/c3c(C)cc(C)cc3C)C2)cc1. The van der Waals surface area contributed by atoms with Gasteiger partial charge in [0, 0.05) is 18.8 Å². The lowest BCUT2D eigenvalue weighted by atomic mass is 9.98. The minimum atomic E-state index is -3.91. The van der Waals surface area contributed by atoms with Crippen LogP contribution in [0.2, 0.25) is 0 Å². The van der Waals surface area contributed by atoms with E-state index in [0.29, 0.717) is 30.8 Å². The average molecular weight is 508 g/mol. The van der Waals surface area contributed by atoms with Crippen LogP contribution < -0.4 is 5.32 Å². The van der Waals surface area contributed by atoms with Crippen LogP contribution >= 0.6 is 0 Å². The van der Waals surface area contributed by atoms with E-state index < -0.39 is 15.9 Å². The fourth-order valence-corrected chi connectivity index (χ4v) is 6.57. The van der Waals surface area contributed by atoms with Crippen molar-refractivity contribution >= 4 is 33.8 Å². The van der Waals surface area contributed by atoms with E-state index in [1.807, 2.05) is 58.0 Å². The third-order valence-electron chi connectivity index (χ3n) is 6.64. The Morgan fingerprint density at radius 1 is 1.03 bits per heavy atom. The lowest BCUT2D eigenvalue weighted by molar-refractivity contribution is -0.120. The number of rotatable bonds is 6. The molecular weight excluding hydrogens is 474 g/mol. The van der Waals surface area contributed by atoms with Crippen LogP contribution in [0.25, 0.3) is 12.2 Å². The van der Waals surface area contributed by atoms with Gasteiger partial charge in [-0.3, -0.25) is 4.79 Å². The van der Waals surface area contributed by atoms with Crippen molar-refractivity contribution in [3.8, 4) is 0 Å². The summed E-state index contributed by atoms with van der Waals surface area (Å²) in [7, 11) is -3.91. The number of piperidine rings is 1. The van der Waals surface area contributed by atoms with Gasteiger partial charge in [-0.2, -0.15) is 4.31 Å². The van der Waals surface area contributed by atoms with Crippen molar-refractivity contribution in [3.63, 3.8) is 0 Å². The maximum atomic E-state index is 13.7. The number of amides is 1. The lowest BCUT2D eigenvalue weighted by Gasteiger charge is -2.31. The Hall–Kier alpha value is -3.23. The van der Waals surface area contributed by atoms with E-state index in [-0.39, 0.29) is 23.1 Å². The maximum absolute atomic E-state index is 13.7. The first-order chi connectivity index (χ1) is 17.1. The fraction of sp³-hybridized carbons (Fsp3) is 0.357. The molecule has 1 aliphatic rings. The van der Waals surface area contributed by atoms with Crippen molar-refractivity contribution < 1.29 is 17.7 Å². The number of benzene rings is 2. The van der Waals surface area contributed by atoms with Crippen LogP contribution in [0.5, 0.6) is 0 Å². The summed E-state index contributed by atoms with van der Waals surface area (Å²) < 4.78 is 34.2. The molecule has 0 unspecified atom stereocenters. The predicted octanol–water partition coefficient (Wildman–Crippen LogP) is 5.43. The summed E-state index contributed by atoms with van der Waals surface area (Å²) in [5.41, 5.74) is 6.50. The van der Waals surface area contributed by atoms with Gasteiger partial charge in [0.05, 0.1) is 5.92 Å². The molecule has 1 aliphatic heterocycles. The van der Waals surface area contributed by atoms with E-state index in [4.69, 9.17) is 4.52 Å². The Bertz CT molecular complexity index is 1380. The minimum Gasteiger partial charge on any atom is -0.355 e. The molecule has 0 radical (unpaired) electrons. The largest absolute Gasteiger partial charge is 0.355 e. The molecule has 0 spiro atoms. The fourth-order valence-electron chi connectivity index (χ4n) is 4.80. The van der Waals surface area contributed by atoms with Gasteiger partial charge in [-0.05, 0) is 82.4 Å². The smallest absolute Gasteiger partial charge is 0.248 e. The van der Waals surface area contributed by atoms with Crippen molar-refractivity contribution in [2.24, 2.45) is 5.92 Å². The summed E-state index contributed by atoms with van der Waals surface area (Å²) in [5, 5.41) is 6.87. The Balaban J connectivity index is 1.56. The zero-order valence-electron chi connectivity index (χ0n) is 21.5. The summed E-state index contributed by atoms with van der Waals surface area (Å²) in [6, 6.07) is 11.7. The minimum absolute atomic E-state index is 0.0563. The molecule has 1 aromatic heterocycles. The van der Waals surface area contributed by atoms with Crippen LogP contribution in [0, 0.1) is 40.5 Å². The molecule has 1 amide bonds. The number of carbonyl (C=O) groups is 1. The van der Waals surface area contributed by atoms with E-state index in [1.165, 1.54) is 9.87 Å². The van der Waals surface area contributed by atoms with Crippen LogP contribution in [-0.2, 0) is 14.8 Å². The van der Waals surface area contributed by atoms with Crippen LogP contribution in [0.3, 0.4) is 0 Å². The zero-order valence-corrected chi connectivity index (χ0v) is 22.3. The average Bonchev–Trinajstić information content (AvgIpc) is 3.21. The van der Waals surface area contributed by atoms with Gasteiger partial charge in [0.1, 0.15) is 5.69 Å². The molecular formula is C28H33N3O4S. The Kier molecular flexibility index (Phi) is 7.47. The molecule has 190 valence electrons. The Morgan fingerprint density at radius 2 is 1.69 bits per heavy atom. The number of nitrogens with zero attached hydrogens (tertiary/aromatic N) is 2. The monoisotopic (exact) mass is 507 g/mol. The third-order valence-corrected chi connectivity index (χ3v) is 8.67. The van der Waals surface area contributed by atoms with Crippen LogP contribution in [-0.4, -0.2) is 36.9 Å². The molecule has 36 heavy (non-hydrogen) atoms. The first-order valence-corrected chi connectivity index (χ1v) is 13.6. The first kappa shape index (κ1) is 25.9. The first-order valence-electron chi connectivity index (χ1n) is 12.2. The second-order valence-corrected chi connectivity index (χ2v) is 11.5. The summed E-state index contributed by atoms with van der Waals surface area (Å²) in [5.74, 6) is -0.420. The van der Waals surface area contributed by atoms with Crippen molar-refractivity contribution in [2.45, 2.75) is 52.4 Å². The highest BCUT2D eigenvalue weighted by molar-refractivity contribution is 7.89. The van der Waals surface area contributed by atoms with E-state index >= 15 is 0 Å². The number of nitrogens with one attached hydrogen (secondary N) is 1. The number of aromatic nitrogens is 1. The van der Waals surface area contributed by atoms with Crippen molar-refractivity contribution in [2.75, 3.05) is 18.4 Å². The molecule has 0 bridgehead atoms. The number of hydrogen-bond acceptors (Lipinski definition) is 5. The van der Waals surface area contributed by atoms with Gasteiger partial charge in [-0.15, -0.1) is 0 Å². The molecule has 2 aromatic carbocycles. The maximum Gasteiger partial charge on any atom is 0.248 e. The highest BCUT2D eigenvalue weighted by atomic mass is 32.2. The van der Waals surface area contributed by atoms with Crippen molar-refractivity contribution in [1.82, 2.24) is 9.46 Å². The van der Waals surface area contributed by atoms with Gasteiger partial charge in [0.2, 0.25) is 15.9 Å².